The quantitative estimate of drug-likeness (QED) is 0.573. The van der Waals surface area contributed by atoms with E-state index in [0.717, 1.165) is 17.8 Å². The maximum Gasteiger partial charge on any atom is 0.414 e. The summed E-state index contributed by atoms with van der Waals surface area (Å²) < 4.78 is 32.4. The molecule has 3 aliphatic heterocycles. The lowest BCUT2D eigenvalue weighted by molar-refractivity contribution is 0.0747. The minimum atomic E-state index is -3.55. The fraction of sp³-hybridized carbons (Fsp3) is 0.519. The zero-order chi connectivity index (χ0) is 27.2. The zero-order valence-corrected chi connectivity index (χ0v) is 23.3. The Balaban J connectivity index is 1.42. The summed E-state index contributed by atoms with van der Waals surface area (Å²) in [6.45, 7) is 10.7. The highest BCUT2D eigenvalue weighted by Gasteiger charge is 2.42. The molecule has 0 aliphatic carbocycles. The first-order valence-electron chi connectivity index (χ1n) is 13.1. The number of ether oxygens (including phenoxy) is 1. The van der Waals surface area contributed by atoms with Gasteiger partial charge in [-0.1, -0.05) is 13.0 Å². The van der Waals surface area contributed by atoms with Gasteiger partial charge in [-0.2, -0.15) is 0 Å². The van der Waals surface area contributed by atoms with Crippen LogP contribution in [0.25, 0.3) is 0 Å². The molecule has 3 aliphatic rings. The lowest BCUT2D eigenvalue weighted by Gasteiger charge is -2.37. The van der Waals surface area contributed by atoms with Crippen LogP contribution in [-0.2, 0) is 21.2 Å². The van der Waals surface area contributed by atoms with Crippen LogP contribution >= 0.6 is 0 Å². The number of cyclic esters (lactones) is 1. The highest BCUT2D eigenvalue weighted by Crippen LogP contribution is 2.37. The molecule has 0 bridgehead atoms. The standard InChI is InChI=1S/C27H35N5O5S/c1-5-20-15-19(2)24(28-17-20)29-10-12-30(13-11-29)25(33)22-8-7-21(32-26(34)37-18-27(32,3)4)16-23(22)31-9-6-14-38(31,35)36/h7-8,15-17H,5-6,9-14,18H2,1-4H3. The van der Waals surface area contributed by atoms with E-state index in [9.17, 15) is 18.0 Å². The highest BCUT2D eigenvalue weighted by atomic mass is 32.2. The molecule has 10 nitrogen and oxygen atoms in total. The first-order valence-corrected chi connectivity index (χ1v) is 14.7. The SMILES string of the molecule is CCc1cnc(N2CCN(C(=O)c3ccc(N4C(=O)OCC4(C)C)cc3N3CCCS3(=O)=O)CC2)c(C)c1. The first-order chi connectivity index (χ1) is 18.0. The number of aromatic nitrogens is 1. The molecular weight excluding hydrogens is 506 g/mol. The van der Waals surface area contributed by atoms with Crippen LogP contribution in [0.4, 0.5) is 22.0 Å². The van der Waals surface area contributed by atoms with Crippen LogP contribution in [0, 0.1) is 6.92 Å². The number of benzene rings is 1. The first kappa shape index (κ1) is 26.3. The summed E-state index contributed by atoms with van der Waals surface area (Å²) in [5.74, 6) is 0.745. The Bertz CT molecular complexity index is 1370. The van der Waals surface area contributed by atoms with Gasteiger partial charge in [0.05, 0.1) is 22.5 Å². The second-order valence-electron chi connectivity index (χ2n) is 10.8. The molecule has 5 rings (SSSR count). The fourth-order valence-electron chi connectivity index (χ4n) is 5.47. The van der Waals surface area contributed by atoms with Gasteiger partial charge in [-0.15, -0.1) is 0 Å². The molecule has 0 atom stereocenters. The molecule has 0 saturated carbocycles. The topological polar surface area (TPSA) is 103 Å². The Labute approximate surface area is 224 Å². The second-order valence-corrected chi connectivity index (χ2v) is 12.8. The molecular formula is C27H35N5O5S. The number of piperazine rings is 1. The van der Waals surface area contributed by atoms with Crippen molar-refractivity contribution < 1.29 is 22.7 Å². The predicted octanol–water partition coefficient (Wildman–Crippen LogP) is 3.19. The summed E-state index contributed by atoms with van der Waals surface area (Å²) in [7, 11) is -3.55. The van der Waals surface area contributed by atoms with Crippen LogP contribution in [0.5, 0.6) is 0 Å². The third-order valence-corrected chi connectivity index (χ3v) is 9.41. The predicted molar refractivity (Wildman–Crippen MR) is 147 cm³/mol. The number of sulfonamides is 1. The molecule has 204 valence electrons. The largest absolute Gasteiger partial charge is 0.447 e. The molecule has 2 amide bonds. The van der Waals surface area contributed by atoms with Crippen molar-refractivity contribution >= 4 is 39.2 Å². The van der Waals surface area contributed by atoms with Crippen molar-refractivity contribution in [2.75, 3.05) is 59.2 Å². The highest BCUT2D eigenvalue weighted by molar-refractivity contribution is 7.93. The smallest absolute Gasteiger partial charge is 0.414 e. The maximum absolute atomic E-state index is 13.8. The van der Waals surface area contributed by atoms with Crippen molar-refractivity contribution in [2.24, 2.45) is 0 Å². The van der Waals surface area contributed by atoms with Gasteiger partial charge in [-0.25, -0.2) is 18.2 Å². The van der Waals surface area contributed by atoms with Crippen molar-refractivity contribution in [1.82, 2.24) is 9.88 Å². The number of carbonyl (C=O) groups excluding carboxylic acids is 2. The van der Waals surface area contributed by atoms with Crippen LogP contribution in [-0.4, -0.2) is 80.9 Å². The van der Waals surface area contributed by atoms with E-state index in [1.54, 1.807) is 23.1 Å². The van der Waals surface area contributed by atoms with Crippen molar-refractivity contribution in [2.45, 2.75) is 46.1 Å². The van der Waals surface area contributed by atoms with Gasteiger partial charge < -0.3 is 14.5 Å². The van der Waals surface area contributed by atoms with Crippen LogP contribution in [0.1, 0.15) is 48.7 Å². The summed E-state index contributed by atoms with van der Waals surface area (Å²) in [6.07, 6.45) is 2.83. The Morgan fingerprint density at radius 3 is 2.42 bits per heavy atom. The summed E-state index contributed by atoms with van der Waals surface area (Å²) in [5.41, 5.74) is 2.85. The van der Waals surface area contributed by atoms with Crippen molar-refractivity contribution in [1.29, 1.82) is 0 Å². The third-order valence-electron chi connectivity index (χ3n) is 7.56. The molecule has 0 unspecified atom stereocenters. The average molecular weight is 542 g/mol. The van der Waals surface area contributed by atoms with E-state index in [1.165, 1.54) is 14.8 Å². The molecule has 11 heteroatoms. The molecule has 3 fully saturated rings. The average Bonchev–Trinajstić information content (AvgIpc) is 3.39. The van der Waals surface area contributed by atoms with E-state index in [2.05, 4.69) is 29.8 Å². The number of rotatable bonds is 5. The fourth-order valence-corrected chi connectivity index (χ4v) is 7.04. The normalized spacial score (nSPS) is 20.7. The van der Waals surface area contributed by atoms with E-state index >= 15 is 0 Å². The molecule has 2 aromatic rings. The van der Waals surface area contributed by atoms with Crippen LogP contribution in [0.3, 0.4) is 0 Å². The van der Waals surface area contributed by atoms with Gasteiger partial charge in [0.2, 0.25) is 10.0 Å². The van der Waals surface area contributed by atoms with Crippen molar-refractivity contribution in [3.05, 3.63) is 47.2 Å². The van der Waals surface area contributed by atoms with Crippen LogP contribution < -0.4 is 14.1 Å². The third kappa shape index (κ3) is 4.68. The minimum Gasteiger partial charge on any atom is -0.447 e. The van der Waals surface area contributed by atoms with Gasteiger partial charge >= 0.3 is 6.09 Å². The number of aryl methyl sites for hydroxylation is 2. The lowest BCUT2D eigenvalue weighted by Crippen LogP contribution is -2.49. The van der Waals surface area contributed by atoms with E-state index < -0.39 is 21.7 Å². The van der Waals surface area contributed by atoms with E-state index in [4.69, 9.17) is 4.74 Å². The summed E-state index contributed by atoms with van der Waals surface area (Å²) in [5, 5.41) is 0. The van der Waals surface area contributed by atoms with Crippen LogP contribution in [0.15, 0.2) is 30.5 Å². The second kappa shape index (κ2) is 9.76. The lowest BCUT2D eigenvalue weighted by atomic mass is 10.0. The van der Waals surface area contributed by atoms with Gasteiger partial charge in [-0.3, -0.25) is 14.0 Å². The Morgan fingerprint density at radius 2 is 1.84 bits per heavy atom. The summed E-state index contributed by atoms with van der Waals surface area (Å²) in [4.78, 5) is 36.4. The Morgan fingerprint density at radius 1 is 1.11 bits per heavy atom. The molecule has 1 aromatic heterocycles. The molecule has 3 saturated heterocycles. The van der Waals surface area contributed by atoms with Crippen molar-refractivity contribution in [3.63, 3.8) is 0 Å². The van der Waals surface area contributed by atoms with Gasteiger partial charge in [0, 0.05) is 44.6 Å². The number of hydrogen-bond acceptors (Lipinski definition) is 7. The number of anilines is 3. The Kier molecular flexibility index (Phi) is 6.75. The zero-order valence-electron chi connectivity index (χ0n) is 22.4. The summed E-state index contributed by atoms with van der Waals surface area (Å²) in [6, 6.07) is 7.14. The number of carbonyl (C=O) groups is 2. The van der Waals surface area contributed by atoms with E-state index in [0.29, 0.717) is 56.1 Å². The van der Waals surface area contributed by atoms with Gasteiger partial charge in [0.15, 0.2) is 0 Å². The monoisotopic (exact) mass is 541 g/mol. The van der Waals surface area contributed by atoms with E-state index in [1.807, 2.05) is 20.0 Å². The van der Waals surface area contributed by atoms with Gasteiger partial charge in [0.1, 0.15) is 12.4 Å². The molecule has 4 heterocycles. The van der Waals surface area contributed by atoms with Gasteiger partial charge in [-0.05, 0) is 62.9 Å². The molecule has 0 spiro atoms. The van der Waals surface area contributed by atoms with Crippen LogP contribution in [0.2, 0.25) is 0 Å². The van der Waals surface area contributed by atoms with Gasteiger partial charge in [0.25, 0.3) is 5.91 Å². The Hall–Kier alpha value is -3.34. The molecule has 0 radical (unpaired) electrons. The van der Waals surface area contributed by atoms with E-state index in [-0.39, 0.29) is 18.3 Å². The number of amides is 2. The van der Waals surface area contributed by atoms with Crippen molar-refractivity contribution in [3.8, 4) is 0 Å². The summed E-state index contributed by atoms with van der Waals surface area (Å²) >= 11 is 0. The number of nitrogens with zero attached hydrogens (tertiary/aromatic N) is 5. The minimum absolute atomic E-state index is 0.0317. The number of pyridine rings is 1. The molecule has 38 heavy (non-hydrogen) atoms. The molecule has 0 N–H and O–H groups in total. The maximum atomic E-state index is 13.8. The molecule has 1 aromatic carbocycles. The number of hydrogen-bond donors (Lipinski definition) is 0.